The minimum atomic E-state index is -0.493. The maximum atomic E-state index is 12.8. The Hall–Kier alpha value is -2.05. The van der Waals surface area contributed by atoms with E-state index >= 15 is 0 Å². The highest BCUT2D eigenvalue weighted by Crippen LogP contribution is 2.32. The molecule has 2 rings (SSSR count). The van der Waals surface area contributed by atoms with Crippen LogP contribution >= 0.6 is 11.8 Å². The van der Waals surface area contributed by atoms with Crippen molar-refractivity contribution in [2.24, 2.45) is 0 Å². The quantitative estimate of drug-likeness (QED) is 0.323. The molecule has 1 heterocycles. The van der Waals surface area contributed by atoms with E-state index < -0.39 is 5.97 Å². The molecule has 0 N–H and O–H groups in total. The van der Waals surface area contributed by atoms with Gasteiger partial charge in [0.1, 0.15) is 0 Å². The highest BCUT2D eigenvalue weighted by atomic mass is 32.2. The first-order chi connectivity index (χ1) is 12.0. The van der Waals surface area contributed by atoms with E-state index in [1.54, 1.807) is 36.8 Å². The number of nitrogens with zero attached hydrogens (tertiary/aromatic N) is 1. The van der Waals surface area contributed by atoms with E-state index in [2.05, 4.69) is 0 Å². The zero-order valence-corrected chi connectivity index (χ0v) is 15.8. The molecule has 134 valence electrons. The Morgan fingerprint density at radius 2 is 1.92 bits per heavy atom. The van der Waals surface area contributed by atoms with Crippen molar-refractivity contribution >= 4 is 29.7 Å². The summed E-state index contributed by atoms with van der Waals surface area (Å²) in [5.41, 5.74) is 2.20. The van der Waals surface area contributed by atoms with Gasteiger partial charge in [-0.2, -0.15) is 0 Å². The maximum Gasteiger partial charge on any atom is 0.340 e. The van der Waals surface area contributed by atoms with Crippen LogP contribution in [-0.4, -0.2) is 50.4 Å². The second-order valence-electron chi connectivity index (χ2n) is 5.59. The summed E-state index contributed by atoms with van der Waals surface area (Å²) in [5.74, 6) is -0.671. The van der Waals surface area contributed by atoms with Gasteiger partial charge in [-0.05, 0) is 43.4 Å². The summed E-state index contributed by atoms with van der Waals surface area (Å²) in [6, 6.07) is 7.84. The number of amides is 1. The van der Waals surface area contributed by atoms with Gasteiger partial charge in [0.05, 0.1) is 18.3 Å². The van der Waals surface area contributed by atoms with Crippen LogP contribution in [0.15, 0.2) is 46.0 Å². The molecule has 1 aliphatic rings. The first kappa shape index (κ1) is 19.3. The van der Waals surface area contributed by atoms with Crippen molar-refractivity contribution in [1.29, 1.82) is 0 Å². The molecule has 0 aliphatic carbocycles. The predicted octanol–water partition coefficient (Wildman–Crippen LogP) is 3.12. The molecule has 1 aliphatic heterocycles. The third kappa shape index (κ3) is 4.32. The molecule has 0 aromatic heterocycles. The number of allylic oxidation sites excluding steroid dienone is 1. The minimum Gasteiger partial charge on any atom is -0.465 e. The molecule has 0 spiro atoms. The second-order valence-corrected chi connectivity index (χ2v) is 6.47. The topological polar surface area (TPSA) is 55.8 Å². The molecule has 1 aromatic rings. The Kier molecular flexibility index (Phi) is 6.84. The van der Waals surface area contributed by atoms with Crippen molar-refractivity contribution in [2.75, 3.05) is 33.6 Å². The number of methoxy groups -OCH3 is 2. The molecular weight excluding hydrogens is 338 g/mol. The van der Waals surface area contributed by atoms with Crippen LogP contribution in [-0.2, 0) is 19.1 Å². The number of benzene rings is 1. The van der Waals surface area contributed by atoms with E-state index in [1.807, 2.05) is 30.5 Å². The summed E-state index contributed by atoms with van der Waals surface area (Å²) in [6.07, 6.45) is 4.45. The van der Waals surface area contributed by atoms with Gasteiger partial charge in [0, 0.05) is 30.9 Å². The fraction of sp³-hybridized carbons (Fsp3) is 0.368. The standard InChI is InChI=1S/C19H23NO4S/c1-13-17(19(22)24-3)16(18(21)20(13)10-5-11-23-2)12-14-6-8-15(25-4)9-7-14/h6-9,12H,5,10-11H2,1-4H3/b16-12+. The average molecular weight is 361 g/mol. The van der Waals surface area contributed by atoms with Crippen molar-refractivity contribution in [3.63, 3.8) is 0 Å². The smallest absolute Gasteiger partial charge is 0.340 e. The van der Waals surface area contributed by atoms with Crippen LogP contribution in [0.4, 0.5) is 0 Å². The van der Waals surface area contributed by atoms with E-state index in [9.17, 15) is 9.59 Å². The average Bonchev–Trinajstić information content (AvgIpc) is 2.86. The van der Waals surface area contributed by atoms with Crippen LogP contribution in [0.2, 0.25) is 0 Å². The second kappa shape index (κ2) is 8.87. The Balaban J connectivity index is 2.37. The lowest BCUT2D eigenvalue weighted by molar-refractivity contribution is -0.136. The molecule has 6 heteroatoms. The Morgan fingerprint density at radius 1 is 1.24 bits per heavy atom. The highest BCUT2D eigenvalue weighted by molar-refractivity contribution is 7.98. The van der Waals surface area contributed by atoms with E-state index in [-0.39, 0.29) is 5.91 Å². The van der Waals surface area contributed by atoms with Gasteiger partial charge in [0.2, 0.25) is 0 Å². The molecule has 0 atom stereocenters. The number of esters is 1. The first-order valence-corrected chi connectivity index (χ1v) is 9.22. The molecule has 1 amide bonds. The van der Waals surface area contributed by atoms with Crippen LogP contribution < -0.4 is 0 Å². The van der Waals surface area contributed by atoms with E-state index in [1.165, 1.54) is 7.11 Å². The van der Waals surface area contributed by atoms with Crippen molar-refractivity contribution in [2.45, 2.75) is 18.2 Å². The van der Waals surface area contributed by atoms with Gasteiger partial charge < -0.3 is 14.4 Å². The van der Waals surface area contributed by atoms with Crippen molar-refractivity contribution in [1.82, 2.24) is 4.90 Å². The molecule has 1 aromatic carbocycles. The maximum absolute atomic E-state index is 12.8. The molecule has 5 nitrogen and oxygen atoms in total. The fourth-order valence-electron chi connectivity index (χ4n) is 2.73. The summed E-state index contributed by atoms with van der Waals surface area (Å²) in [5, 5.41) is 0. The Morgan fingerprint density at radius 3 is 2.48 bits per heavy atom. The largest absolute Gasteiger partial charge is 0.465 e. The van der Waals surface area contributed by atoms with Gasteiger partial charge in [-0.3, -0.25) is 4.79 Å². The number of ether oxygens (including phenoxy) is 2. The Bertz CT molecular complexity index is 707. The van der Waals surface area contributed by atoms with Gasteiger partial charge in [-0.15, -0.1) is 11.8 Å². The molecule has 0 unspecified atom stereocenters. The third-order valence-corrected chi connectivity index (χ3v) is 4.80. The van der Waals surface area contributed by atoms with Crippen LogP contribution in [0.5, 0.6) is 0 Å². The van der Waals surface area contributed by atoms with Crippen LogP contribution in [0.1, 0.15) is 18.9 Å². The van der Waals surface area contributed by atoms with Crippen LogP contribution in [0, 0.1) is 0 Å². The number of rotatable bonds is 7. The molecule has 25 heavy (non-hydrogen) atoms. The SMILES string of the molecule is COCCCN1C(=O)/C(=C/c2ccc(SC)cc2)C(C(=O)OC)=C1C. The summed E-state index contributed by atoms with van der Waals surface area (Å²) in [6.45, 7) is 2.83. The lowest BCUT2D eigenvalue weighted by Crippen LogP contribution is -2.26. The van der Waals surface area contributed by atoms with E-state index in [0.29, 0.717) is 36.4 Å². The fourth-order valence-corrected chi connectivity index (χ4v) is 3.14. The van der Waals surface area contributed by atoms with Gasteiger partial charge >= 0.3 is 5.97 Å². The summed E-state index contributed by atoms with van der Waals surface area (Å²) >= 11 is 1.65. The number of carbonyl (C=O) groups excluding carboxylic acids is 2. The Labute approximate surface area is 152 Å². The number of hydrogen-bond acceptors (Lipinski definition) is 5. The van der Waals surface area contributed by atoms with Gasteiger partial charge in [0.15, 0.2) is 0 Å². The monoisotopic (exact) mass is 361 g/mol. The molecule has 0 bridgehead atoms. The predicted molar refractivity (Wildman–Crippen MR) is 99.1 cm³/mol. The first-order valence-electron chi connectivity index (χ1n) is 7.99. The molecule has 0 saturated carbocycles. The zero-order chi connectivity index (χ0) is 18.4. The van der Waals surface area contributed by atoms with E-state index in [0.717, 1.165) is 10.5 Å². The molecule has 0 radical (unpaired) electrons. The van der Waals surface area contributed by atoms with Crippen molar-refractivity contribution < 1.29 is 19.1 Å². The zero-order valence-electron chi connectivity index (χ0n) is 15.0. The van der Waals surface area contributed by atoms with Gasteiger partial charge in [0.25, 0.3) is 5.91 Å². The van der Waals surface area contributed by atoms with Crippen LogP contribution in [0.3, 0.4) is 0 Å². The lowest BCUT2D eigenvalue weighted by atomic mass is 10.0. The third-order valence-electron chi connectivity index (χ3n) is 4.06. The van der Waals surface area contributed by atoms with Crippen molar-refractivity contribution in [3.05, 3.63) is 46.7 Å². The normalized spacial score (nSPS) is 16.1. The highest BCUT2D eigenvalue weighted by Gasteiger charge is 2.36. The van der Waals surface area contributed by atoms with E-state index in [4.69, 9.17) is 9.47 Å². The number of carbonyl (C=O) groups is 2. The summed E-state index contributed by atoms with van der Waals surface area (Å²) in [7, 11) is 2.95. The lowest BCUT2D eigenvalue weighted by Gasteiger charge is -2.17. The molecule has 0 saturated heterocycles. The van der Waals surface area contributed by atoms with Crippen molar-refractivity contribution in [3.8, 4) is 0 Å². The molecular formula is C19H23NO4S. The summed E-state index contributed by atoms with van der Waals surface area (Å²) in [4.78, 5) is 27.8. The van der Waals surface area contributed by atoms with Crippen LogP contribution in [0.25, 0.3) is 6.08 Å². The summed E-state index contributed by atoms with van der Waals surface area (Å²) < 4.78 is 9.94. The molecule has 0 fully saturated rings. The number of hydrogen-bond donors (Lipinski definition) is 0. The van der Waals surface area contributed by atoms with Gasteiger partial charge in [-0.1, -0.05) is 12.1 Å². The van der Waals surface area contributed by atoms with Gasteiger partial charge in [-0.25, -0.2) is 4.79 Å². The minimum absolute atomic E-state index is 0.178. The number of thioether (sulfide) groups is 1.